The fourth-order valence-electron chi connectivity index (χ4n) is 9.72. The standard InChI is InChI=1S/C57H36N6/c1-4-16-37(17-5-1)38-28-31-42(32-29-38)61-48-26-14-11-23-45(48)53-50(61)34-35-51-54(53)46-24-12-15-27-49(46)63(51)57-59-55(39-18-6-2-7-19-39)58-56(60-57)40-30-33-44-43-22-10-13-25-47(43)62(52(44)36-40)41-20-8-3-9-21-41/h1-36H. The average molecular weight is 805 g/mol. The Balaban J connectivity index is 1.06. The Kier molecular flexibility index (Phi) is 7.80. The summed E-state index contributed by atoms with van der Waals surface area (Å²) in [5, 5.41) is 7.06. The number of para-hydroxylation sites is 4. The second-order valence-electron chi connectivity index (χ2n) is 16.0. The zero-order valence-electron chi connectivity index (χ0n) is 34.0. The average Bonchev–Trinajstić information content (AvgIpc) is 4.00. The zero-order valence-corrected chi connectivity index (χ0v) is 34.0. The Bertz CT molecular complexity index is 3880. The van der Waals surface area contributed by atoms with Gasteiger partial charge in [0.2, 0.25) is 5.95 Å². The lowest BCUT2D eigenvalue weighted by Crippen LogP contribution is -2.06. The molecule has 294 valence electrons. The summed E-state index contributed by atoms with van der Waals surface area (Å²) in [6.45, 7) is 0. The first-order valence-electron chi connectivity index (χ1n) is 21.3. The van der Waals surface area contributed by atoms with Crippen LogP contribution in [0.15, 0.2) is 218 Å². The van der Waals surface area contributed by atoms with Crippen LogP contribution in [-0.2, 0) is 0 Å². The Morgan fingerprint density at radius 1 is 0.254 bits per heavy atom. The van der Waals surface area contributed by atoms with Crippen LogP contribution < -0.4 is 0 Å². The van der Waals surface area contributed by atoms with Crippen molar-refractivity contribution in [3.63, 3.8) is 0 Å². The number of fused-ring (bicyclic) bond motifs is 10. The summed E-state index contributed by atoms with van der Waals surface area (Å²) in [5.41, 5.74) is 13.0. The van der Waals surface area contributed by atoms with E-state index in [0.29, 0.717) is 17.6 Å². The van der Waals surface area contributed by atoms with E-state index < -0.39 is 0 Å². The molecule has 0 radical (unpaired) electrons. The lowest BCUT2D eigenvalue weighted by Gasteiger charge is -2.12. The molecular formula is C57H36N6. The van der Waals surface area contributed by atoms with E-state index in [1.807, 2.05) is 18.2 Å². The van der Waals surface area contributed by atoms with Crippen LogP contribution in [0.4, 0.5) is 0 Å². The third kappa shape index (κ3) is 5.48. The molecule has 0 spiro atoms. The summed E-state index contributed by atoms with van der Waals surface area (Å²) in [6, 6.07) is 77.3. The van der Waals surface area contributed by atoms with Crippen LogP contribution in [0.25, 0.3) is 117 Å². The van der Waals surface area contributed by atoms with Crippen molar-refractivity contribution >= 4 is 65.4 Å². The molecule has 4 aromatic heterocycles. The van der Waals surface area contributed by atoms with Crippen molar-refractivity contribution < 1.29 is 0 Å². The molecule has 0 atom stereocenters. The van der Waals surface area contributed by atoms with Crippen molar-refractivity contribution in [2.45, 2.75) is 0 Å². The van der Waals surface area contributed by atoms with Crippen molar-refractivity contribution in [3.05, 3.63) is 218 Å². The molecule has 0 saturated heterocycles. The maximum absolute atomic E-state index is 5.39. The molecule has 6 nitrogen and oxygen atoms in total. The van der Waals surface area contributed by atoms with Crippen LogP contribution in [0.1, 0.15) is 0 Å². The normalized spacial score (nSPS) is 11.8. The third-order valence-electron chi connectivity index (χ3n) is 12.5. The Labute approximate surface area is 362 Å². The maximum atomic E-state index is 5.39. The highest BCUT2D eigenvalue weighted by Gasteiger charge is 2.23. The molecule has 0 amide bonds. The summed E-state index contributed by atoms with van der Waals surface area (Å²) in [6.07, 6.45) is 0. The van der Waals surface area contributed by atoms with E-state index in [-0.39, 0.29) is 0 Å². The molecule has 63 heavy (non-hydrogen) atoms. The number of nitrogens with zero attached hydrogens (tertiary/aromatic N) is 6. The predicted octanol–water partition coefficient (Wildman–Crippen LogP) is 14.2. The number of benzene rings is 9. The van der Waals surface area contributed by atoms with E-state index in [1.165, 1.54) is 32.7 Å². The van der Waals surface area contributed by atoms with E-state index in [2.05, 4.69) is 214 Å². The van der Waals surface area contributed by atoms with Gasteiger partial charge in [0.1, 0.15) is 0 Å². The lowest BCUT2D eigenvalue weighted by atomic mass is 10.1. The van der Waals surface area contributed by atoms with E-state index in [1.54, 1.807) is 0 Å². The van der Waals surface area contributed by atoms with Gasteiger partial charge in [-0.05, 0) is 71.8 Å². The number of aromatic nitrogens is 6. The van der Waals surface area contributed by atoms with Crippen molar-refractivity contribution in [1.82, 2.24) is 28.7 Å². The van der Waals surface area contributed by atoms with Gasteiger partial charge in [-0.2, -0.15) is 9.97 Å². The minimum atomic E-state index is 0.563. The second-order valence-corrected chi connectivity index (χ2v) is 16.0. The highest BCUT2D eigenvalue weighted by molar-refractivity contribution is 6.28. The smallest absolute Gasteiger partial charge is 0.238 e. The van der Waals surface area contributed by atoms with Gasteiger partial charge in [-0.1, -0.05) is 158 Å². The van der Waals surface area contributed by atoms with Gasteiger partial charge in [-0.3, -0.25) is 4.57 Å². The number of hydrogen-bond donors (Lipinski definition) is 0. The largest absolute Gasteiger partial charge is 0.309 e. The molecule has 0 bridgehead atoms. The van der Waals surface area contributed by atoms with Crippen LogP contribution in [0.2, 0.25) is 0 Å². The molecule has 13 rings (SSSR count). The van der Waals surface area contributed by atoms with E-state index in [4.69, 9.17) is 15.0 Å². The van der Waals surface area contributed by atoms with Gasteiger partial charge in [0.25, 0.3) is 0 Å². The van der Waals surface area contributed by atoms with Gasteiger partial charge in [-0.25, -0.2) is 4.98 Å². The van der Waals surface area contributed by atoms with Gasteiger partial charge < -0.3 is 9.13 Å². The summed E-state index contributed by atoms with van der Waals surface area (Å²) < 4.78 is 6.95. The molecule has 9 aromatic carbocycles. The first-order chi connectivity index (χ1) is 31.3. The van der Waals surface area contributed by atoms with Crippen LogP contribution in [0, 0.1) is 0 Å². The second kappa shape index (κ2) is 14.0. The Morgan fingerprint density at radius 3 is 1.33 bits per heavy atom. The van der Waals surface area contributed by atoms with Gasteiger partial charge in [0.15, 0.2) is 11.6 Å². The summed E-state index contributed by atoms with van der Waals surface area (Å²) in [4.78, 5) is 15.9. The van der Waals surface area contributed by atoms with Crippen LogP contribution in [0.3, 0.4) is 0 Å². The fourth-order valence-corrected chi connectivity index (χ4v) is 9.72. The first-order valence-corrected chi connectivity index (χ1v) is 21.3. The van der Waals surface area contributed by atoms with E-state index >= 15 is 0 Å². The van der Waals surface area contributed by atoms with Crippen molar-refractivity contribution in [1.29, 1.82) is 0 Å². The molecule has 0 fully saturated rings. The highest BCUT2D eigenvalue weighted by atomic mass is 15.2. The predicted molar refractivity (Wildman–Crippen MR) is 259 cm³/mol. The molecule has 4 heterocycles. The molecule has 0 aliphatic carbocycles. The Morgan fingerprint density at radius 2 is 0.683 bits per heavy atom. The van der Waals surface area contributed by atoms with Gasteiger partial charge in [-0.15, -0.1) is 0 Å². The van der Waals surface area contributed by atoms with Crippen LogP contribution >= 0.6 is 0 Å². The molecule has 0 saturated carbocycles. The molecule has 13 aromatic rings. The minimum absolute atomic E-state index is 0.563. The maximum Gasteiger partial charge on any atom is 0.238 e. The van der Waals surface area contributed by atoms with Gasteiger partial charge in [0.05, 0.1) is 33.1 Å². The Hall–Kier alpha value is -8.61. The topological polar surface area (TPSA) is 53.5 Å². The quantitative estimate of drug-likeness (QED) is 0.168. The minimum Gasteiger partial charge on any atom is -0.309 e. The first kappa shape index (κ1) is 35.2. The highest BCUT2D eigenvalue weighted by Crippen LogP contribution is 2.43. The summed E-state index contributed by atoms with van der Waals surface area (Å²) >= 11 is 0. The zero-order chi connectivity index (χ0) is 41.4. The monoisotopic (exact) mass is 804 g/mol. The molecular weight excluding hydrogens is 769 g/mol. The van der Waals surface area contributed by atoms with Gasteiger partial charge in [0, 0.05) is 54.8 Å². The van der Waals surface area contributed by atoms with E-state index in [0.717, 1.165) is 66.4 Å². The SMILES string of the molecule is c1ccc(-c2ccc(-n3c4ccccc4c4c5c6ccccc6n(-c6nc(-c7ccccc7)nc(-c7ccc8c9ccccc9n(-c9ccccc9)c8c7)n6)c5ccc43)cc2)cc1. The number of hydrogen-bond acceptors (Lipinski definition) is 3. The molecule has 0 unspecified atom stereocenters. The summed E-state index contributed by atoms with van der Waals surface area (Å²) in [5.74, 6) is 1.78. The van der Waals surface area contributed by atoms with Crippen molar-refractivity contribution in [2.75, 3.05) is 0 Å². The summed E-state index contributed by atoms with van der Waals surface area (Å²) in [7, 11) is 0. The molecule has 6 heteroatoms. The van der Waals surface area contributed by atoms with Crippen LogP contribution in [0.5, 0.6) is 0 Å². The van der Waals surface area contributed by atoms with Crippen molar-refractivity contribution in [2.24, 2.45) is 0 Å². The van der Waals surface area contributed by atoms with Crippen LogP contribution in [-0.4, -0.2) is 28.7 Å². The van der Waals surface area contributed by atoms with E-state index in [9.17, 15) is 0 Å². The van der Waals surface area contributed by atoms with Crippen molar-refractivity contribution in [3.8, 4) is 51.2 Å². The van der Waals surface area contributed by atoms with Gasteiger partial charge >= 0.3 is 0 Å². The molecule has 0 aliphatic heterocycles. The molecule has 0 N–H and O–H groups in total. The lowest BCUT2D eigenvalue weighted by molar-refractivity contribution is 0.953. The third-order valence-corrected chi connectivity index (χ3v) is 12.5. The number of rotatable bonds is 6. The fraction of sp³-hybridized carbons (Fsp3) is 0. The molecule has 0 aliphatic rings.